The number of Topliss-reactive ketones (excluding diaryl/α,β-unsaturated/α-hetero) is 1. The molecule has 0 N–H and O–H groups in total. The van der Waals surface area contributed by atoms with Crippen molar-refractivity contribution in [3.63, 3.8) is 0 Å². The molecule has 0 atom stereocenters. The van der Waals surface area contributed by atoms with Crippen molar-refractivity contribution in [1.29, 1.82) is 0 Å². The molecule has 138 valence electrons. The van der Waals surface area contributed by atoms with E-state index in [2.05, 4.69) is 6.92 Å². The molecule has 0 heterocycles. The van der Waals surface area contributed by atoms with E-state index in [9.17, 15) is 4.79 Å². The highest BCUT2D eigenvalue weighted by Gasteiger charge is 2.19. The Morgan fingerprint density at radius 1 is 0.565 bits per heavy atom. The minimum atomic E-state index is -0.143. The number of ketones is 1. The zero-order valence-corrected chi connectivity index (χ0v) is 16.7. The number of hydrogen-bond donors (Lipinski definition) is 0. The van der Waals surface area contributed by atoms with Gasteiger partial charge in [-0.3, -0.25) is 4.79 Å². The number of carbonyl (C=O) groups is 1. The molecule has 0 aromatic carbocycles. The first-order valence-electron chi connectivity index (χ1n) is 10.5. The average Bonchev–Trinajstić information content (AvgIpc) is 2.50. The Morgan fingerprint density at radius 2 is 0.870 bits per heavy atom. The lowest BCUT2D eigenvalue weighted by Gasteiger charge is -2.16. The summed E-state index contributed by atoms with van der Waals surface area (Å²) in [4.78, 5) is 11.8. The standard InChI is InChI=1S/C22H44O/c1-5-6-7-8-9-10-11-12-13-14-15-16-17-18-19-20-21(23)22(2,3)4/h5-20H2,1-4H3. The number of hydrogen-bond acceptors (Lipinski definition) is 1. The average molecular weight is 325 g/mol. The maximum atomic E-state index is 11.8. The minimum absolute atomic E-state index is 0.143. The van der Waals surface area contributed by atoms with Crippen LogP contribution in [0.2, 0.25) is 0 Å². The number of unbranched alkanes of at least 4 members (excludes halogenated alkanes) is 14. The zero-order chi connectivity index (χ0) is 17.4. The van der Waals surface area contributed by atoms with Crippen LogP contribution in [0.4, 0.5) is 0 Å². The van der Waals surface area contributed by atoms with Gasteiger partial charge in [-0.05, 0) is 6.42 Å². The molecular formula is C22H44O. The van der Waals surface area contributed by atoms with E-state index in [-0.39, 0.29) is 5.41 Å². The molecule has 0 fully saturated rings. The van der Waals surface area contributed by atoms with Gasteiger partial charge in [0.15, 0.2) is 0 Å². The van der Waals surface area contributed by atoms with E-state index in [1.165, 1.54) is 89.9 Å². The number of rotatable bonds is 16. The molecule has 0 aromatic rings. The van der Waals surface area contributed by atoms with Crippen LogP contribution in [-0.4, -0.2) is 5.78 Å². The molecule has 23 heavy (non-hydrogen) atoms. The Kier molecular flexibility index (Phi) is 15.0. The van der Waals surface area contributed by atoms with Crippen LogP contribution in [0, 0.1) is 5.41 Å². The fourth-order valence-electron chi connectivity index (χ4n) is 3.03. The van der Waals surface area contributed by atoms with Crippen molar-refractivity contribution < 1.29 is 4.79 Å². The summed E-state index contributed by atoms with van der Waals surface area (Å²) in [6, 6.07) is 0. The third kappa shape index (κ3) is 16.3. The molecule has 0 saturated heterocycles. The molecule has 0 aliphatic carbocycles. The maximum absolute atomic E-state index is 11.8. The Balaban J connectivity index is 3.12. The molecule has 1 nitrogen and oxygen atoms in total. The first-order valence-corrected chi connectivity index (χ1v) is 10.5. The highest BCUT2D eigenvalue weighted by molar-refractivity contribution is 5.83. The van der Waals surface area contributed by atoms with Crippen molar-refractivity contribution in [2.45, 2.75) is 130 Å². The van der Waals surface area contributed by atoms with Gasteiger partial charge in [-0.1, -0.05) is 118 Å². The fourth-order valence-corrected chi connectivity index (χ4v) is 3.03. The first-order chi connectivity index (χ1) is 11.0. The molecule has 0 aromatic heterocycles. The Hall–Kier alpha value is -0.330. The van der Waals surface area contributed by atoms with Crippen molar-refractivity contribution in [3.05, 3.63) is 0 Å². The van der Waals surface area contributed by atoms with Crippen molar-refractivity contribution in [2.75, 3.05) is 0 Å². The van der Waals surface area contributed by atoms with Crippen LogP contribution in [0.15, 0.2) is 0 Å². The van der Waals surface area contributed by atoms with Gasteiger partial charge in [0.1, 0.15) is 5.78 Å². The van der Waals surface area contributed by atoms with Gasteiger partial charge in [0.2, 0.25) is 0 Å². The van der Waals surface area contributed by atoms with Gasteiger partial charge >= 0.3 is 0 Å². The molecule has 0 amide bonds. The van der Waals surface area contributed by atoms with Gasteiger partial charge in [-0.15, -0.1) is 0 Å². The monoisotopic (exact) mass is 324 g/mol. The SMILES string of the molecule is CCCCCCCCCCCCCCCCCC(=O)C(C)(C)C. The van der Waals surface area contributed by atoms with E-state index in [0.717, 1.165) is 12.8 Å². The van der Waals surface area contributed by atoms with Gasteiger partial charge in [0.05, 0.1) is 0 Å². The van der Waals surface area contributed by atoms with Crippen LogP contribution >= 0.6 is 0 Å². The summed E-state index contributed by atoms with van der Waals surface area (Å²) in [5.41, 5.74) is -0.143. The van der Waals surface area contributed by atoms with Crippen molar-refractivity contribution >= 4 is 5.78 Å². The quantitative estimate of drug-likeness (QED) is 0.264. The molecule has 0 rings (SSSR count). The van der Waals surface area contributed by atoms with Crippen molar-refractivity contribution in [3.8, 4) is 0 Å². The van der Waals surface area contributed by atoms with E-state index in [4.69, 9.17) is 0 Å². The largest absolute Gasteiger partial charge is 0.299 e. The lowest BCUT2D eigenvalue weighted by Crippen LogP contribution is -2.19. The normalized spacial score (nSPS) is 11.8. The summed E-state index contributed by atoms with van der Waals surface area (Å²) in [6.07, 6.45) is 21.5. The summed E-state index contributed by atoms with van der Waals surface area (Å²) < 4.78 is 0. The molecule has 0 bridgehead atoms. The van der Waals surface area contributed by atoms with E-state index < -0.39 is 0 Å². The molecule has 0 spiro atoms. The predicted molar refractivity (Wildman–Crippen MR) is 104 cm³/mol. The summed E-state index contributed by atoms with van der Waals surface area (Å²) in [7, 11) is 0. The Bertz CT molecular complexity index is 262. The van der Waals surface area contributed by atoms with Gasteiger partial charge < -0.3 is 0 Å². The predicted octanol–water partition coefficient (Wildman–Crippen LogP) is 7.86. The molecule has 0 radical (unpaired) electrons. The van der Waals surface area contributed by atoms with Gasteiger partial charge in [0.25, 0.3) is 0 Å². The first kappa shape index (κ1) is 22.7. The summed E-state index contributed by atoms with van der Waals surface area (Å²) in [6.45, 7) is 8.37. The van der Waals surface area contributed by atoms with Gasteiger partial charge in [0, 0.05) is 11.8 Å². The van der Waals surface area contributed by atoms with Crippen LogP contribution in [0.5, 0.6) is 0 Å². The maximum Gasteiger partial charge on any atom is 0.138 e. The minimum Gasteiger partial charge on any atom is -0.299 e. The highest BCUT2D eigenvalue weighted by Crippen LogP contribution is 2.19. The van der Waals surface area contributed by atoms with E-state index in [0.29, 0.717) is 5.78 Å². The lowest BCUT2D eigenvalue weighted by atomic mass is 9.88. The van der Waals surface area contributed by atoms with E-state index >= 15 is 0 Å². The van der Waals surface area contributed by atoms with Crippen LogP contribution < -0.4 is 0 Å². The molecule has 0 saturated carbocycles. The molecule has 0 unspecified atom stereocenters. The zero-order valence-electron chi connectivity index (χ0n) is 16.7. The molecule has 0 aliphatic rings. The second-order valence-corrected chi connectivity index (χ2v) is 8.37. The van der Waals surface area contributed by atoms with Crippen molar-refractivity contribution in [1.82, 2.24) is 0 Å². The number of carbonyl (C=O) groups excluding carboxylic acids is 1. The third-order valence-electron chi connectivity index (χ3n) is 4.84. The second-order valence-electron chi connectivity index (χ2n) is 8.37. The van der Waals surface area contributed by atoms with Crippen molar-refractivity contribution in [2.24, 2.45) is 5.41 Å². The van der Waals surface area contributed by atoms with E-state index in [1.54, 1.807) is 0 Å². The fraction of sp³-hybridized carbons (Fsp3) is 0.955. The Morgan fingerprint density at radius 3 is 1.17 bits per heavy atom. The van der Waals surface area contributed by atoms with Gasteiger partial charge in [-0.25, -0.2) is 0 Å². The van der Waals surface area contributed by atoms with E-state index in [1.807, 2.05) is 20.8 Å². The van der Waals surface area contributed by atoms with Crippen LogP contribution in [0.25, 0.3) is 0 Å². The summed E-state index contributed by atoms with van der Waals surface area (Å²) >= 11 is 0. The molecule has 0 aliphatic heterocycles. The van der Waals surface area contributed by atoms with Gasteiger partial charge in [-0.2, -0.15) is 0 Å². The van der Waals surface area contributed by atoms with Crippen LogP contribution in [0.3, 0.4) is 0 Å². The highest BCUT2D eigenvalue weighted by atomic mass is 16.1. The Labute approximate surface area is 147 Å². The van der Waals surface area contributed by atoms with Crippen LogP contribution in [0.1, 0.15) is 130 Å². The molecule has 1 heteroatoms. The topological polar surface area (TPSA) is 17.1 Å². The third-order valence-corrected chi connectivity index (χ3v) is 4.84. The summed E-state index contributed by atoms with van der Waals surface area (Å²) in [5.74, 6) is 0.423. The van der Waals surface area contributed by atoms with Crippen LogP contribution in [-0.2, 0) is 4.79 Å². The summed E-state index contributed by atoms with van der Waals surface area (Å²) in [5, 5.41) is 0. The second kappa shape index (κ2) is 15.2. The molecular weight excluding hydrogens is 280 g/mol. The lowest BCUT2D eigenvalue weighted by molar-refractivity contribution is -0.126. The smallest absolute Gasteiger partial charge is 0.138 e.